The first-order chi connectivity index (χ1) is 17.6. The van der Waals surface area contributed by atoms with E-state index in [1.165, 1.54) is 5.56 Å². The number of hydrogen-bond donors (Lipinski definition) is 0. The van der Waals surface area contributed by atoms with Gasteiger partial charge in [-0.2, -0.15) is 0 Å². The summed E-state index contributed by atoms with van der Waals surface area (Å²) >= 11 is 0. The van der Waals surface area contributed by atoms with E-state index in [1.54, 1.807) is 14.2 Å². The number of methoxy groups -OCH3 is 2. The van der Waals surface area contributed by atoms with Crippen LogP contribution < -0.4 is 23.7 Å². The lowest BCUT2D eigenvalue weighted by atomic mass is 9.75. The number of carbonyl (C=O) groups excluding carboxylic acids is 1. The van der Waals surface area contributed by atoms with E-state index in [0.29, 0.717) is 48.2 Å². The summed E-state index contributed by atoms with van der Waals surface area (Å²) in [6.07, 6.45) is 0.634. The molecule has 0 N–H and O–H groups in total. The molecule has 0 bridgehead atoms. The predicted molar refractivity (Wildman–Crippen MR) is 131 cm³/mol. The molecule has 1 aliphatic carbocycles. The smallest absolute Gasteiger partial charge is 0.335 e. The zero-order chi connectivity index (χ0) is 24.8. The molecule has 0 spiro atoms. The normalized spacial score (nSPS) is 17.4. The van der Waals surface area contributed by atoms with Gasteiger partial charge in [-0.1, -0.05) is 29.8 Å². The SMILES string of the molecule is COc1cc(C2C3=C(COC3=O)Cc3cc4c(cc32)OCO4)cc(OC)c1OCc1ccc(C)cc1. The predicted octanol–water partition coefficient (Wildman–Crippen LogP) is 4.86. The van der Waals surface area contributed by atoms with Crippen molar-refractivity contribution in [3.8, 4) is 28.7 Å². The number of esters is 1. The topological polar surface area (TPSA) is 72.5 Å². The summed E-state index contributed by atoms with van der Waals surface area (Å²) in [5, 5.41) is 0. The molecule has 0 saturated heterocycles. The van der Waals surface area contributed by atoms with Gasteiger partial charge >= 0.3 is 5.97 Å². The highest BCUT2D eigenvalue weighted by atomic mass is 16.7. The Hall–Kier alpha value is -4.13. The number of carbonyl (C=O) groups is 1. The average molecular weight is 487 g/mol. The van der Waals surface area contributed by atoms with Gasteiger partial charge in [0.05, 0.1) is 19.8 Å². The molecule has 6 rings (SSSR count). The van der Waals surface area contributed by atoms with Crippen LogP contribution in [0.3, 0.4) is 0 Å². The number of benzene rings is 3. The third kappa shape index (κ3) is 3.71. The number of aryl methyl sites for hydroxylation is 1. The Morgan fingerprint density at radius 1 is 0.917 bits per heavy atom. The highest BCUT2D eigenvalue weighted by Gasteiger charge is 2.40. The van der Waals surface area contributed by atoms with Crippen LogP contribution in [-0.2, 0) is 22.6 Å². The summed E-state index contributed by atoms with van der Waals surface area (Å²) in [6.45, 7) is 2.90. The van der Waals surface area contributed by atoms with Crippen molar-refractivity contribution in [2.75, 3.05) is 27.6 Å². The number of ether oxygens (including phenoxy) is 6. The number of cyclic esters (lactones) is 1. The van der Waals surface area contributed by atoms with Gasteiger partial charge in [0.25, 0.3) is 0 Å². The second kappa shape index (κ2) is 8.82. The molecule has 36 heavy (non-hydrogen) atoms. The Morgan fingerprint density at radius 2 is 1.61 bits per heavy atom. The number of fused-ring (bicyclic) bond motifs is 2. The first-order valence-corrected chi connectivity index (χ1v) is 11.8. The maximum absolute atomic E-state index is 12.9. The van der Waals surface area contributed by atoms with Crippen LogP contribution in [0.5, 0.6) is 28.7 Å². The summed E-state index contributed by atoms with van der Waals surface area (Å²) in [5.41, 5.74) is 6.78. The maximum Gasteiger partial charge on any atom is 0.335 e. The molecular formula is C29H26O7. The van der Waals surface area contributed by atoms with Crippen molar-refractivity contribution in [1.29, 1.82) is 0 Å². The summed E-state index contributed by atoms with van der Waals surface area (Å²) in [5.74, 6) is 2.30. The van der Waals surface area contributed by atoms with E-state index in [-0.39, 0.29) is 18.7 Å². The Morgan fingerprint density at radius 3 is 2.31 bits per heavy atom. The Bertz CT molecular complexity index is 1360. The fourth-order valence-corrected chi connectivity index (χ4v) is 5.12. The van der Waals surface area contributed by atoms with Gasteiger partial charge in [-0.15, -0.1) is 0 Å². The van der Waals surface area contributed by atoms with Crippen LogP contribution in [-0.4, -0.2) is 33.6 Å². The minimum Gasteiger partial charge on any atom is -0.493 e. The molecule has 2 aliphatic heterocycles. The fraction of sp³-hybridized carbons (Fsp3) is 0.276. The van der Waals surface area contributed by atoms with Gasteiger partial charge in [-0.3, -0.25) is 0 Å². The highest BCUT2D eigenvalue weighted by Crippen LogP contribution is 2.50. The van der Waals surface area contributed by atoms with Crippen molar-refractivity contribution in [2.45, 2.75) is 25.9 Å². The van der Waals surface area contributed by atoms with Crippen LogP contribution in [0.15, 0.2) is 59.7 Å². The van der Waals surface area contributed by atoms with Crippen molar-refractivity contribution in [3.63, 3.8) is 0 Å². The molecule has 7 nitrogen and oxygen atoms in total. The number of rotatable bonds is 6. The quantitative estimate of drug-likeness (QED) is 0.461. The van der Waals surface area contributed by atoms with Crippen molar-refractivity contribution < 1.29 is 33.2 Å². The molecule has 0 amide bonds. The van der Waals surface area contributed by atoms with Crippen LogP contribution in [0, 0.1) is 6.92 Å². The van der Waals surface area contributed by atoms with E-state index < -0.39 is 0 Å². The molecule has 0 saturated carbocycles. The van der Waals surface area contributed by atoms with Crippen LogP contribution in [0.1, 0.15) is 33.7 Å². The summed E-state index contributed by atoms with van der Waals surface area (Å²) < 4.78 is 34.4. The molecule has 0 aromatic heterocycles. The molecule has 1 unspecified atom stereocenters. The highest BCUT2D eigenvalue weighted by molar-refractivity contribution is 5.95. The van der Waals surface area contributed by atoms with Crippen molar-refractivity contribution in [1.82, 2.24) is 0 Å². The fourth-order valence-electron chi connectivity index (χ4n) is 5.12. The standard InChI is InChI=1S/C29H26O7/c1-16-4-6-17(7-5-16)13-33-28-24(31-2)10-19(11-25(28)32-3)26-21-12-23-22(35-15-36-23)9-18(21)8-20-14-34-29(30)27(20)26/h4-7,9-12,26H,8,13-15H2,1-3H3. The zero-order valence-corrected chi connectivity index (χ0v) is 20.4. The first-order valence-electron chi connectivity index (χ1n) is 11.8. The molecule has 0 fully saturated rings. The first kappa shape index (κ1) is 22.3. The molecule has 2 heterocycles. The average Bonchev–Trinajstić information content (AvgIpc) is 3.51. The van der Waals surface area contributed by atoms with Crippen molar-refractivity contribution >= 4 is 5.97 Å². The lowest BCUT2D eigenvalue weighted by molar-refractivity contribution is -0.136. The van der Waals surface area contributed by atoms with E-state index in [2.05, 4.69) is 0 Å². The second-order valence-electron chi connectivity index (χ2n) is 9.14. The van der Waals surface area contributed by atoms with E-state index in [1.807, 2.05) is 55.5 Å². The number of hydrogen-bond acceptors (Lipinski definition) is 7. The van der Waals surface area contributed by atoms with Crippen LogP contribution >= 0.6 is 0 Å². The van der Waals surface area contributed by atoms with Crippen molar-refractivity contribution in [3.05, 3.63) is 87.5 Å². The minimum absolute atomic E-state index is 0.187. The van der Waals surface area contributed by atoms with Crippen LogP contribution in [0.4, 0.5) is 0 Å². The third-order valence-corrected chi connectivity index (χ3v) is 6.94. The van der Waals surface area contributed by atoms with Gasteiger partial charge < -0.3 is 28.4 Å². The molecule has 3 aliphatic rings. The maximum atomic E-state index is 12.9. The van der Waals surface area contributed by atoms with Crippen LogP contribution in [0.2, 0.25) is 0 Å². The van der Waals surface area contributed by atoms with Crippen LogP contribution in [0.25, 0.3) is 0 Å². The molecule has 3 aromatic carbocycles. The van der Waals surface area contributed by atoms with E-state index in [9.17, 15) is 4.79 Å². The molecule has 1 atom stereocenters. The zero-order valence-electron chi connectivity index (χ0n) is 20.4. The Balaban J connectivity index is 1.43. The van der Waals surface area contributed by atoms with E-state index >= 15 is 0 Å². The summed E-state index contributed by atoms with van der Waals surface area (Å²) in [7, 11) is 3.19. The second-order valence-corrected chi connectivity index (χ2v) is 9.14. The van der Waals surface area contributed by atoms with Gasteiger partial charge in [0.2, 0.25) is 12.5 Å². The van der Waals surface area contributed by atoms with Gasteiger partial charge in [0, 0.05) is 5.92 Å². The molecular weight excluding hydrogens is 460 g/mol. The van der Waals surface area contributed by atoms with Gasteiger partial charge in [-0.25, -0.2) is 4.79 Å². The molecule has 7 heteroatoms. The van der Waals surface area contributed by atoms with Gasteiger partial charge in [-0.05, 0) is 65.4 Å². The lowest BCUT2D eigenvalue weighted by Crippen LogP contribution is -2.18. The monoisotopic (exact) mass is 486 g/mol. The Kier molecular flexibility index (Phi) is 5.48. The minimum atomic E-state index is -0.359. The summed E-state index contributed by atoms with van der Waals surface area (Å²) in [4.78, 5) is 12.9. The molecule has 184 valence electrons. The van der Waals surface area contributed by atoms with Gasteiger partial charge in [0.15, 0.2) is 23.0 Å². The van der Waals surface area contributed by atoms with E-state index in [0.717, 1.165) is 33.6 Å². The largest absolute Gasteiger partial charge is 0.493 e. The molecule has 3 aromatic rings. The van der Waals surface area contributed by atoms with Gasteiger partial charge in [0.1, 0.15) is 13.2 Å². The molecule has 0 radical (unpaired) electrons. The van der Waals surface area contributed by atoms with Crippen molar-refractivity contribution in [2.24, 2.45) is 0 Å². The van der Waals surface area contributed by atoms with E-state index in [4.69, 9.17) is 28.4 Å². The summed E-state index contributed by atoms with van der Waals surface area (Å²) in [6, 6.07) is 16.0. The third-order valence-electron chi connectivity index (χ3n) is 6.94. The Labute approximate surface area is 209 Å². The lowest BCUT2D eigenvalue weighted by Gasteiger charge is -2.27.